The van der Waals surface area contributed by atoms with E-state index in [0.29, 0.717) is 31.2 Å². The zero-order valence-electron chi connectivity index (χ0n) is 13.1. The van der Waals surface area contributed by atoms with Gasteiger partial charge in [-0.15, -0.1) is 0 Å². The van der Waals surface area contributed by atoms with Crippen molar-refractivity contribution < 1.29 is 9.53 Å². The number of ether oxygens (including phenoxy) is 1. The molecular formula is C16H19N5O2. The maximum atomic E-state index is 12.8. The van der Waals surface area contributed by atoms with E-state index < -0.39 is 0 Å². The molecule has 0 radical (unpaired) electrons. The fourth-order valence-corrected chi connectivity index (χ4v) is 3.31. The Bertz CT molecular complexity index is 742. The molecule has 0 spiro atoms. The van der Waals surface area contributed by atoms with Crippen LogP contribution in [0.1, 0.15) is 45.8 Å². The van der Waals surface area contributed by atoms with E-state index >= 15 is 0 Å². The zero-order chi connectivity index (χ0) is 15.8. The van der Waals surface area contributed by atoms with Crippen molar-refractivity contribution in [2.24, 2.45) is 0 Å². The normalized spacial score (nSPS) is 20.6. The van der Waals surface area contributed by atoms with Gasteiger partial charge in [-0.05, 0) is 32.3 Å². The first-order chi connectivity index (χ1) is 11.2. The molecule has 7 heteroatoms. The summed E-state index contributed by atoms with van der Waals surface area (Å²) in [5, 5.41) is 7.25. The number of hydrogen-bond donors (Lipinski definition) is 1. The van der Waals surface area contributed by atoms with Crippen molar-refractivity contribution in [2.75, 3.05) is 19.7 Å². The Hall–Kier alpha value is -2.28. The summed E-state index contributed by atoms with van der Waals surface area (Å²) in [6.07, 6.45) is 4.53. The molecule has 1 fully saturated rings. The number of carbonyl (C=O) groups is 1. The predicted octanol–water partition coefficient (Wildman–Crippen LogP) is 1.21. The molecule has 2 aliphatic rings. The van der Waals surface area contributed by atoms with Crippen LogP contribution in [-0.2, 0) is 17.6 Å². The summed E-state index contributed by atoms with van der Waals surface area (Å²) >= 11 is 0. The van der Waals surface area contributed by atoms with Crippen molar-refractivity contribution in [2.45, 2.75) is 32.3 Å². The molecule has 1 N–H and O–H groups in total. The van der Waals surface area contributed by atoms with Gasteiger partial charge >= 0.3 is 0 Å². The quantitative estimate of drug-likeness (QED) is 0.901. The summed E-state index contributed by atoms with van der Waals surface area (Å²) < 4.78 is 5.80. The molecule has 0 aromatic carbocycles. The minimum atomic E-state index is -0.207. The van der Waals surface area contributed by atoms with E-state index in [1.54, 1.807) is 6.20 Å². The third-order valence-electron chi connectivity index (χ3n) is 4.49. The van der Waals surface area contributed by atoms with Crippen LogP contribution in [0.3, 0.4) is 0 Å². The van der Waals surface area contributed by atoms with Crippen LogP contribution in [0.2, 0.25) is 0 Å². The Morgan fingerprint density at radius 3 is 3.22 bits per heavy atom. The number of hydrogen-bond acceptors (Lipinski definition) is 5. The van der Waals surface area contributed by atoms with Gasteiger partial charge in [-0.3, -0.25) is 9.89 Å². The third-order valence-corrected chi connectivity index (χ3v) is 4.49. The van der Waals surface area contributed by atoms with Gasteiger partial charge < -0.3 is 9.64 Å². The molecule has 2 aromatic rings. The summed E-state index contributed by atoms with van der Waals surface area (Å²) in [6, 6.07) is 1.85. The number of H-pyrrole nitrogens is 1. The van der Waals surface area contributed by atoms with Crippen LogP contribution in [0, 0.1) is 6.92 Å². The molecule has 3 heterocycles. The molecule has 1 saturated heterocycles. The monoisotopic (exact) mass is 313 g/mol. The number of aromatic amines is 1. The van der Waals surface area contributed by atoms with Crippen molar-refractivity contribution in [3.8, 4) is 0 Å². The first-order valence-electron chi connectivity index (χ1n) is 7.99. The van der Waals surface area contributed by atoms with E-state index in [9.17, 15) is 4.79 Å². The van der Waals surface area contributed by atoms with Crippen molar-refractivity contribution >= 4 is 5.91 Å². The van der Waals surface area contributed by atoms with Gasteiger partial charge in [0.2, 0.25) is 0 Å². The number of amides is 1. The second-order valence-electron chi connectivity index (χ2n) is 6.02. The lowest BCUT2D eigenvalue weighted by Gasteiger charge is -2.32. The van der Waals surface area contributed by atoms with Gasteiger partial charge in [-0.1, -0.05) is 0 Å². The van der Waals surface area contributed by atoms with E-state index in [4.69, 9.17) is 4.74 Å². The smallest absolute Gasteiger partial charge is 0.274 e. The lowest BCUT2D eigenvalue weighted by Crippen LogP contribution is -2.43. The topological polar surface area (TPSA) is 84.0 Å². The Kier molecular flexibility index (Phi) is 3.57. The number of carbonyl (C=O) groups excluding carboxylic acids is 1. The second kappa shape index (κ2) is 5.73. The maximum Gasteiger partial charge on any atom is 0.274 e. The van der Waals surface area contributed by atoms with E-state index in [2.05, 4.69) is 20.2 Å². The summed E-state index contributed by atoms with van der Waals surface area (Å²) in [7, 11) is 0. The third kappa shape index (κ3) is 2.61. The first kappa shape index (κ1) is 14.3. The predicted molar refractivity (Wildman–Crippen MR) is 82.0 cm³/mol. The molecule has 1 amide bonds. The van der Waals surface area contributed by atoms with Gasteiger partial charge in [-0.2, -0.15) is 5.10 Å². The minimum Gasteiger partial charge on any atom is -0.368 e. The summed E-state index contributed by atoms with van der Waals surface area (Å²) in [6.45, 7) is 3.44. The maximum absolute atomic E-state index is 12.8. The number of aryl methyl sites for hydroxylation is 2. The highest BCUT2D eigenvalue weighted by molar-refractivity contribution is 5.94. The van der Waals surface area contributed by atoms with Gasteiger partial charge in [0.05, 0.1) is 18.8 Å². The molecule has 2 aromatic heterocycles. The first-order valence-corrected chi connectivity index (χ1v) is 7.99. The molecule has 4 rings (SSSR count). The molecule has 0 bridgehead atoms. The molecule has 1 aliphatic carbocycles. The van der Waals surface area contributed by atoms with Crippen molar-refractivity contribution in [1.29, 1.82) is 0 Å². The highest BCUT2D eigenvalue weighted by Crippen LogP contribution is 2.26. The fraction of sp³-hybridized carbons (Fsp3) is 0.500. The van der Waals surface area contributed by atoms with Gasteiger partial charge in [-0.25, -0.2) is 9.97 Å². The van der Waals surface area contributed by atoms with Crippen LogP contribution in [0.25, 0.3) is 0 Å². The molecule has 23 heavy (non-hydrogen) atoms. The number of fused-ring (bicyclic) bond motifs is 1. The zero-order valence-corrected chi connectivity index (χ0v) is 13.1. The molecule has 120 valence electrons. The molecule has 7 nitrogen and oxygen atoms in total. The Balaban J connectivity index is 1.54. The lowest BCUT2D eigenvalue weighted by molar-refractivity contribution is -0.0250. The van der Waals surface area contributed by atoms with Gasteiger partial charge in [0, 0.05) is 24.0 Å². The Labute approximate surface area is 134 Å². The number of nitrogens with one attached hydrogen (secondary N) is 1. The van der Waals surface area contributed by atoms with Crippen LogP contribution in [0.5, 0.6) is 0 Å². The van der Waals surface area contributed by atoms with E-state index in [1.165, 1.54) is 0 Å². The van der Waals surface area contributed by atoms with Crippen LogP contribution >= 0.6 is 0 Å². The summed E-state index contributed by atoms with van der Waals surface area (Å²) in [5.74, 6) is 0.697. The lowest BCUT2D eigenvalue weighted by atomic mass is 10.1. The van der Waals surface area contributed by atoms with Crippen LogP contribution < -0.4 is 0 Å². The second-order valence-corrected chi connectivity index (χ2v) is 6.02. The average Bonchev–Trinajstić information content (AvgIpc) is 3.18. The molecule has 1 aliphatic heterocycles. The van der Waals surface area contributed by atoms with E-state index in [0.717, 1.165) is 36.2 Å². The van der Waals surface area contributed by atoms with E-state index in [-0.39, 0.29) is 12.0 Å². The molecule has 0 unspecified atom stereocenters. The minimum absolute atomic E-state index is 0.0107. The fourth-order valence-electron chi connectivity index (χ4n) is 3.31. The number of rotatable bonds is 2. The Morgan fingerprint density at radius 2 is 2.35 bits per heavy atom. The SMILES string of the molecule is Cc1nccc([C@@H]2CN(C(=O)c3n[nH]c4c3CCC4)CCO2)n1. The highest BCUT2D eigenvalue weighted by Gasteiger charge is 2.31. The highest BCUT2D eigenvalue weighted by atomic mass is 16.5. The molecular weight excluding hydrogens is 294 g/mol. The summed E-state index contributed by atoms with van der Waals surface area (Å²) in [5.41, 5.74) is 3.61. The number of aromatic nitrogens is 4. The average molecular weight is 313 g/mol. The largest absolute Gasteiger partial charge is 0.368 e. The van der Waals surface area contributed by atoms with Crippen LogP contribution in [-0.4, -0.2) is 50.7 Å². The van der Waals surface area contributed by atoms with Crippen molar-refractivity contribution in [3.05, 3.63) is 40.7 Å². The Morgan fingerprint density at radius 1 is 1.43 bits per heavy atom. The van der Waals surface area contributed by atoms with Gasteiger partial charge in [0.25, 0.3) is 5.91 Å². The van der Waals surface area contributed by atoms with Crippen molar-refractivity contribution in [3.63, 3.8) is 0 Å². The standard InChI is InChI=1S/C16H19N5O2/c1-10-17-6-5-13(18-10)14-9-21(7-8-23-14)16(22)15-11-3-2-4-12(11)19-20-15/h5-6,14H,2-4,7-9H2,1H3,(H,19,20)/t14-/m0/s1. The summed E-state index contributed by atoms with van der Waals surface area (Å²) in [4.78, 5) is 23.2. The molecule has 0 saturated carbocycles. The van der Waals surface area contributed by atoms with Gasteiger partial charge in [0.1, 0.15) is 11.9 Å². The van der Waals surface area contributed by atoms with Crippen molar-refractivity contribution in [1.82, 2.24) is 25.1 Å². The van der Waals surface area contributed by atoms with Gasteiger partial charge in [0.15, 0.2) is 5.69 Å². The molecule has 1 atom stereocenters. The van der Waals surface area contributed by atoms with Crippen LogP contribution in [0.15, 0.2) is 12.3 Å². The van der Waals surface area contributed by atoms with Crippen LogP contribution in [0.4, 0.5) is 0 Å². The van der Waals surface area contributed by atoms with E-state index in [1.807, 2.05) is 17.9 Å². The number of morpholine rings is 1. The number of nitrogens with zero attached hydrogens (tertiary/aromatic N) is 4.